The molecule has 140 valence electrons. The highest BCUT2D eigenvalue weighted by Gasteiger charge is 2.14. The molecule has 0 atom stereocenters. The number of nitrogens with zero attached hydrogens (tertiary/aromatic N) is 3. The zero-order valence-corrected chi connectivity index (χ0v) is 18.1. The lowest BCUT2D eigenvalue weighted by molar-refractivity contribution is -0.113. The summed E-state index contributed by atoms with van der Waals surface area (Å²) < 4.78 is 3.00. The van der Waals surface area contributed by atoms with Crippen LogP contribution in [-0.4, -0.2) is 26.4 Å². The van der Waals surface area contributed by atoms with Crippen molar-refractivity contribution in [2.24, 2.45) is 0 Å². The van der Waals surface area contributed by atoms with Gasteiger partial charge in [0.05, 0.1) is 5.75 Å². The predicted molar refractivity (Wildman–Crippen MR) is 114 cm³/mol. The molecule has 3 aromatic rings. The van der Waals surface area contributed by atoms with Gasteiger partial charge in [-0.2, -0.15) is 0 Å². The van der Waals surface area contributed by atoms with Crippen LogP contribution in [0.5, 0.6) is 0 Å². The quantitative estimate of drug-likeness (QED) is 0.562. The lowest BCUT2D eigenvalue weighted by Crippen LogP contribution is -2.14. The molecule has 1 amide bonds. The fourth-order valence-corrected chi connectivity index (χ4v) is 3.69. The summed E-state index contributed by atoms with van der Waals surface area (Å²) in [6.07, 6.45) is 0. The van der Waals surface area contributed by atoms with Gasteiger partial charge in [0, 0.05) is 15.8 Å². The number of anilines is 1. The number of carbonyl (C=O) groups excluding carboxylic acids is 1. The van der Waals surface area contributed by atoms with Gasteiger partial charge in [0.1, 0.15) is 5.82 Å². The summed E-state index contributed by atoms with van der Waals surface area (Å²) in [5.74, 6) is 0.983. The lowest BCUT2D eigenvalue weighted by atomic mass is 10.1. The maximum Gasteiger partial charge on any atom is 0.234 e. The standard InChI is InChI=1S/C20H21BrN4OS/c1-12-5-7-17(10-13(12)2)25-15(4)23-24-20(25)27-11-19(26)22-16-6-8-18(21)14(3)9-16/h5-10H,11H2,1-4H3,(H,22,26). The Hall–Kier alpha value is -2.12. The van der Waals surface area contributed by atoms with Crippen LogP contribution < -0.4 is 5.32 Å². The maximum absolute atomic E-state index is 12.3. The minimum atomic E-state index is -0.0750. The summed E-state index contributed by atoms with van der Waals surface area (Å²) in [6, 6.07) is 12.0. The van der Waals surface area contributed by atoms with Crippen LogP contribution in [0.25, 0.3) is 5.69 Å². The molecule has 3 rings (SSSR count). The van der Waals surface area contributed by atoms with Crippen LogP contribution >= 0.6 is 27.7 Å². The minimum Gasteiger partial charge on any atom is -0.325 e. The van der Waals surface area contributed by atoms with Crippen molar-refractivity contribution in [1.82, 2.24) is 14.8 Å². The van der Waals surface area contributed by atoms with Crippen molar-refractivity contribution in [2.75, 3.05) is 11.1 Å². The summed E-state index contributed by atoms with van der Waals surface area (Å²) in [5, 5.41) is 12.1. The fourth-order valence-electron chi connectivity index (χ4n) is 2.65. The number of amides is 1. The molecule has 0 aliphatic rings. The van der Waals surface area contributed by atoms with E-state index in [1.807, 2.05) is 42.7 Å². The maximum atomic E-state index is 12.3. The smallest absolute Gasteiger partial charge is 0.234 e. The second-order valence-electron chi connectivity index (χ2n) is 6.43. The monoisotopic (exact) mass is 444 g/mol. The number of hydrogen-bond donors (Lipinski definition) is 1. The van der Waals surface area contributed by atoms with Crippen molar-refractivity contribution < 1.29 is 4.79 Å². The Labute approximate surface area is 171 Å². The van der Waals surface area contributed by atoms with Gasteiger partial charge in [-0.1, -0.05) is 33.8 Å². The normalized spacial score (nSPS) is 10.9. The Bertz CT molecular complexity index is 1000. The van der Waals surface area contributed by atoms with Crippen molar-refractivity contribution in [2.45, 2.75) is 32.9 Å². The minimum absolute atomic E-state index is 0.0750. The van der Waals surface area contributed by atoms with E-state index >= 15 is 0 Å². The summed E-state index contributed by atoms with van der Waals surface area (Å²) in [7, 11) is 0. The van der Waals surface area contributed by atoms with E-state index in [9.17, 15) is 4.79 Å². The molecule has 2 aromatic carbocycles. The van der Waals surface area contributed by atoms with Crippen molar-refractivity contribution in [1.29, 1.82) is 0 Å². The molecule has 7 heteroatoms. The summed E-state index contributed by atoms with van der Waals surface area (Å²) in [5.41, 5.74) is 5.31. The molecule has 1 N–H and O–H groups in total. The molecule has 27 heavy (non-hydrogen) atoms. The summed E-state index contributed by atoms with van der Waals surface area (Å²) in [6.45, 7) is 8.07. The number of aromatic nitrogens is 3. The fraction of sp³-hybridized carbons (Fsp3) is 0.250. The van der Waals surface area contributed by atoms with E-state index in [1.54, 1.807) is 0 Å². The number of nitrogens with one attached hydrogen (secondary N) is 1. The van der Waals surface area contributed by atoms with Crippen LogP contribution in [0.3, 0.4) is 0 Å². The van der Waals surface area contributed by atoms with Gasteiger partial charge in [-0.25, -0.2) is 0 Å². The van der Waals surface area contributed by atoms with Gasteiger partial charge in [0.25, 0.3) is 0 Å². The van der Waals surface area contributed by atoms with Crippen LogP contribution in [0.1, 0.15) is 22.5 Å². The highest BCUT2D eigenvalue weighted by molar-refractivity contribution is 9.10. The molecule has 1 heterocycles. The number of thioether (sulfide) groups is 1. The topological polar surface area (TPSA) is 59.8 Å². The van der Waals surface area contributed by atoms with Crippen LogP contribution in [0.2, 0.25) is 0 Å². The van der Waals surface area contributed by atoms with Crippen LogP contribution in [0, 0.1) is 27.7 Å². The molecule has 5 nitrogen and oxygen atoms in total. The van der Waals surface area contributed by atoms with Crippen molar-refractivity contribution in [3.63, 3.8) is 0 Å². The molecule has 0 aliphatic heterocycles. The van der Waals surface area contributed by atoms with Gasteiger partial charge in [0.2, 0.25) is 5.91 Å². The van der Waals surface area contributed by atoms with E-state index in [-0.39, 0.29) is 11.7 Å². The lowest BCUT2D eigenvalue weighted by Gasteiger charge is -2.11. The molecule has 1 aromatic heterocycles. The Balaban J connectivity index is 1.72. The molecular formula is C20H21BrN4OS. The van der Waals surface area contributed by atoms with E-state index in [1.165, 1.54) is 22.9 Å². The molecule has 0 unspecified atom stereocenters. The third kappa shape index (κ3) is 4.59. The molecule has 0 saturated heterocycles. The third-order valence-electron chi connectivity index (χ3n) is 4.32. The van der Waals surface area contributed by atoms with Gasteiger partial charge in [-0.3, -0.25) is 9.36 Å². The van der Waals surface area contributed by atoms with Crippen molar-refractivity contribution in [3.8, 4) is 5.69 Å². The number of hydrogen-bond acceptors (Lipinski definition) is 4. The van der Waals surface area contributed by atoms with E-state index in [4.69, 9.17) is 0 Å². The molecular weight excluding hydrogens is 424 g/mol. The molecule has 0 spiro atoms. The van der Waals surface area contributed by atoms with Gasteiger partial charge < -0.3 is 5.32 Å². The predicted octanol–water partition coefficient (Wildman–Crippen LogP) is 4.99. The number of carbonyl (C=O) groups is 1. The molecule has 0 fully saturated rings. The molecule has 0 radical (unpaired) electrons. The second kappa shape index (κ2) is 8.27. The van der Waals surface area contributed by atoms with Gasteiger partial charge in [-0.05, 0) is 74.7 Å². The van der Waals surface area contributed by atoms with Crippen LogP contribution in [-0.2, 0) is 4.79 Å². The number of halogens is 1. The zero-order chi connectivity index (χ0) is 19.6. The van der Waals surface area contributed by atoms with Crippen molar-refractivity contribution >= 4 is 39.3 Å². The summed E-state index contributed by atoms with van der Waals surface area (Å²) in [4.78, 5) is 12.3. The second-order valence-corrected chi connectivity index (χ2v) is 8.23. The molecule has 0 bridgehead atoms. The highest BCUT2D eigenvalue weighted by atomic mass is 79.9. The first kappa shape index (κ1) is 19.6. The van der Waals surface area contributed by atoms with E-state index in [0.717, 1.165) is 27.2 Å². The number of benzene rings is 2. The Kier molecular flexibility index (Phi) is 6.01. The Morgan fingerprint density at radius 2 is 1.81 bits per heavy atom. The average Bonchev–Trinajstić information content (AvgIpc) is 2.99. The highest BCUT2D eigenvalue weighted by Crippen LogP contribution is 2.24. The first-order valence-electron chi connectivity index (χ1n) is 8.53. The number of rotatable bonds is 5. The summed E-state index contributed by atoms with van der Waals surface area (Å²) >= 11 is 4.84. The van der Waals surface area contributed by atoms with Crippen LogP contribution in [0.15, 0.2) is 46.0 Å². The van der Waals surface area contributed by atoms with Crippen LogP contribution in [0.4, 0.5) is 5.69 Å². The first-order valence-corrected chi connectivity index (χ1v) is 10.3. The SMILES string of the molecule is Cc1ccc(-n2c(C)nnc2SCC(=O)Nc2ccc(Br)c(C)c2)cc1C. The van der Waals surface area contributed by atoms with Gasteiger partial charge in [-0.15, -0.1) is 10.2 Å². The zero-order valence-electron chi connectivity index (χ0n) is 15.7. The Morgan fingerprint density at radius 3 is 2.52 bits per heavy atom. The molecule has 0 aliphatic carbocycles. The van der Waals surface area contributed by atoms with E-state index in [0.29, 0.717) is 5.16 Å². The largest absolute Gasteiger partial charge is 0.325 e. The van der Waals surface area contributed by atoms with E-state index in [2.05, 4.69) is 57.4 Å². The first-order chi connectivity index (χ1) is 12.8. The average molecular weight is 445 g/mol. The van der Waals surface area contributed by atoms with Gasteiger partial charge in [0.15, 0.2) is 5.16 Å². The van der Waals surface area contributed by atoms with E-state index < -0.39 is 0 Å². The number of aryl methyl sites for hydroxylation is 4. The third-order valence-corrected chi connectivity index (χ3v) is 6.14. The van der Waals surface area contributed by atoms with Gasteiger partial charge >= 0.3 is 0 Å². The van der Waals surface area contributed by atoms with Crippen molar-refractivity contribution in [3.05, 3.63) is 63.4 Å². The molecule has 0 saturated carbocycles. The Morgan fingerprint density at radius 1 is 1.04 bits per heavy atom.